The summed E-state index contributed by atoms with van der Waals surface area (Å²) in [5.41, 5.74) is 12.9. The Kier molecular flexibility index (Phi) is 8.96. The van der Waals surface area contributed by atoms with Crippen LogP contribution in [0.3, 0.4) is 0 Å². The van der Waals surface area contributed by atoms with E-state index in [9.17, 15) is 0 Å². The number of hydrogen-bond acceptors (Lipinski definition) is 4. The summed E-state index contributed by atoms with van der Waals surface area (Å²) in [5, 5.41) is 7.04. The molecule has 0 radical (unpaired) electrons. The van der Waals surface area contributed by atoms with Gasteiger partial charge in [-0.05, 0) is 79.6 Å². The van der Waals surface area contributed by atoms with Gasteiger partial charge in [0.15, 0.2) is 0 Å². The predicted octanol–water partition coefficient (Wildman–Crippen LogP) is 13.7. The number of benzene rings is 7. The van der Waals surface area contributed by atoms with Gasteiger partial charge in [-0.3, -0.25) is 14.9 Å². The Morgan fingerprint density at radius 2 is 1.33 bits per heavy atom. The minimum Gasteiger partial charge on any atom is -0.294 e. The first-order chi connectivity index (χ1) is 26.3. The molecular formula is C50H42N4. The molecule has 4 nitrogen and oxygen atoms in total. The zero-order valence-corrected chi connectivity index (χ0v) is 31.5. The molecule has 7 aromatic rings. The third kappa shape index (κ3) is 5.68. The number of nitrogens with zero attached hydrogens (tertiary/aromatic N) is 4. The lowest BCUT2D eigenvalue weighted by molar-refractivity contribution is 1.27. The minimum absolute atomic E-state index is 0.790. The molecule has 0 aliphatic carbocycles. The standard InChI is InChI=1S/C50H42N4/c1-8-10-20-36(9-2)50-53-45-30-17-15-24-41(45)35(7)54(50)49-32(4)39-26-18-25-38-31(3)48(42-27-19-28-43(49)47(42)46(38)39)52-34(6)40-23-14-16-29-44(40)51-33(5)37-21-12-11-13-22-37/h8-30H,2,7H2,1,3-6H3/b10-8-,36-20+,51-33?,52-34?. The SMILES string of the molecule is C=C/C(=C\C=C/C)C1=Nc2ccccc2C(=C)N1c1c(C)c2cccc3c(C)c(N=C(C)c4ccccc4N=C(C)c4ccccc4)c4cccc1c4c32. The molecule has 0 unspecified atom stereocenters. The van der Waals surface area contributed by atoms with Crippen LogP contribution in [0.2, 0.25) is 0 Å². The Morgan fingerprint density at radius 1 is 0.685 bits per heavy atom. The fourth-order valence-corrected chi connectivity index (χ4v) is 7.88. The minimum atomic E-state index is 0.790. The van der Waals surface area contributed by atoms with Crippen molar-refractivity contribution >= 4 is 78.0 Å². The van der Waals surface area contributed by atoms with Crippen molar-refractivity contribution in [1.29, 1.82) is 0 Å². The summed E-state index contributed by atoms with van der Waals surface area (Å²) in [6, 6.07) is 40.1. The molecule has 0 spiro atoms. The van der Waals surface area contributed by atoms with Crippen molar-refractivity contribution in [1.82, 2.24) is 0 Å². The maximum absolute atomic E-state index is 5.48. The molecule has 262 valence electrons. The fraction of sp³-hybridized carbons (Fsp3) is 0.100. The number of anilines is 1. The number of fused-ring (bicyclic) bond motifs is 1. The molecule has 1 aliphatic heterocycles. The highest BCUT2D eigenvalue weighted by Gasteiger charge is 2.31. The van der Waals surface area contributed by atoms with E-state index in [-0.39, 0.29) is 0 Å². The van der Waals surface area contributed by atoms with Crippen molar-refractivity contribution in [3.8, 4) is 0 Å². The van der Waals surface area contributed by atoms with Crippen molar-refractivity contribution in [3.05, 3.63) is 186 Å². The van der Waals surface area contributed by atoms with Crippen LogP contribution in [0, 0.1) is 13.8 Å². The van der Waals surface area contributed by atoms with E-state index >= 15 is 0 Å². The third-order valence-electron chi connectivity index (χ3n) is 10.6. The first-order valence-electron chi connectivity index (χ1n) is 18.4. The molecule has 1 aliphatic rings. The second kappa shape index (κ2) is 14.1. The Labute approximate surface area is 317 Å². The zero-order chi connectivity index (χ0) is 37.5. The molecule has 0 saturated heterocycles. The van der Waals surface area contributed by atoms with Gasteiger partial charge in [0.05, 0.1) is 22.7 Å². The van der Waals surface area contributed by atoms with Gasteiger partial charge >= 0.3 is 0 Å². The van der Waals surface area contributed by atoms with Gasteiger partial charge in [0.2, 0.25) is 0 Å². The third-order valence-corrected chi connectivity index (χ3v) is 10.6. The van der Waals surface area contributed by atoms with Crippen molar-refractivity contribution in [2.75, 3.05) is 4.90 Å². The summed E-state index contributed by atoms with van der Waals surface area (Å²) in [5.74, 6) is 0.790. The molecule has 0 saturated carbocycles. The van der Waals surface area contributed by atoms with Crippen molar-refractivity contribution in [3.63, 3.8) is 0 Å². The zero-order valence-electron chi connectivity index (χ0n) is 31.5. The summed E-state index contributed by atoms with van der Waals surface area (Å²) in [6.45, 7) is 19.5. The van der Waals surface area contributed by atoms with Crippen LogP contribution in [0.25, 0.3) is 38.0 Å². The van der Waals surface area contributed by atoms with E-state index in [1.165, 1.54) is 21.5 Å². The molecule has 0 N–H and O–H groups in total. The van der Waals surface area contributed by atoms with Crippen LogP contribution in [0.1, 0.15) is 48.6 Å². The summed E-state index contributed by atoms with van der Waals surface area (Å²) < 4.78 is 0. The van der Waals surface area contributed by atoms with E-state index in [2.05, 4.69) is 124 Å². The van der Waals surface area contributed by atoms with E-state index < -0.39 is 0 Å². The highest BCUT2D eigenvalue weighted by atomic mass is 15.2. The van der Waals surface area contributed by atoms with Gasteiger partial charge in [-0.25, -0.2) is 4.99 Å². The average Bonchev–Trinajstić information content (AvgIpc) is 3.20. The van der Waals surface area contributed by atoms with Gasteiger partial charge in [0, 0.05) is 50.0 Å². The van der Waals surface area contributed by atoms with E-state index in [1.54, 1.807) is 0 Å². The molecule has 8 rings (SSSR count). The van der Waals surface area contributed by atoms with Crippen LogP contribution < -0.4 is 4.90 Å². The number of para-hydroxylation sites is 2. The smallest absolute Gasteiger partial charge is 0.145 e. The summed E-state index contributed by atoms with van der Waals surface area (Å²) in [6.07, 6.45) is 7.99. The Hall–Kier alpha value is -6.65. The topological polar surface area (TPSA) is 40.3 Å². The van der Waals surface area contributed by atoms with Crippen LogP contribution >= 0.6 is 0 Å². The molecule has 0 atom stereocenters. The van der Waals surface area contributed by atoms with Crippen LogP contribution in [0.5, 0.6) is 0 Å². The van der Waals surface area contributed by atoms with E-state index in [0.29, 0.717) is 0 Å². The van der Waals surface area contributed by atoms with Gasteiger partial charge in [0.1, 0.15) is 5.84 Å². The number of aliphatic imine (C=N–C) groups is 3. The summed E-state index contributed by atoms with van der Waals surface area (Å²) in [7, 11) is 0. The Balaban J connectivity index is 1.39. The normalized spacial score (nSPS) is 14.1. The highest BCUT2D eigenvalue weighted by molar-refractivity contribution is 6.34. The number of rotatable bonds is 8. The second-order valence-corrected chi connectivity index (χ2v) is 13.8. The van der Waals surface area contributed by atoms with Gasteiger partial charge in [-0.2, -0.15) is 0 Å². The van der Waals surface area contributed by atoms with Crippen molar-refractivity contribution in [2.45, 2.75) is 34.6 Å². The number of hydrogen-bond donors (Lipinski definition) is 0. The maximum atomic E-state index is 5.48. The lowest BCUT2D eigenvalue weighted by atomic mass is 9.86. The van der Waals surface area contributed by atoms with Crippen molar-refractivity contribution < 1.29 is 0 Å². The number of allylic oxidation sites excluding steroid dienone is 3. The lowest BCUT2D eigenvalue weighted by Gasteiger charge is -2.35. The van der Waals surface area contributed by atoms with Crippen molar-refractivity contribution in [2.24, 2.45) is 15.0 Å². The first-order valence-corrected chi connectivity index (χ1v) is 18.4. The van der Waals surface area contributed by atoms with Crippen LogP contribution in [-0.2, 0) is 0 Å². The van der Waals surface area contributed by atoms with Gasteiger partial charge in [-0.1, -0.05) is 141 Å². The molecule has 0 amide bonds. The van der Waals surface area contributed by atoms with Crippen LogP contribution in [0.15, 0.2) is 173 Å². The molecule has 54 heavy (non-hydrogen) atoms. The first kappa shape index (κ1) is 34.4. The monoisotopic (exact) mass is 698 g/mol. The highest BCUT2D eigenvalue weighted by Crippen LogP contribution is 2.50. The van der Waals surface area contributed by atoms with E-state index in [4.69, 9.17) is 21.6 Å². The largest absolute Gasteiger partial charge is 0.294 e. The molecule has 0 aromatic heterocycles. The Morgan fingerprint density at radius 3 is 2.09 bits per heavy atom. The van der Waals surface area contributed by atoms with Gasteiger partial charge in [-0.15, -0.1) is 0 Å². The number of amidine groups is 1. The maximum Gasteiger partial charge on any atom is 0.145 e. The van der Waals surface area contributed by atoms with Crippen LogP contribution in [-0.4, -0.2) is 17.3 Å². The second-order valence-electron chi connectivity index (χ2n) is 13.8. The Bertz CT molecular complexity index is 2790. The lowest BCUT2D eigenvalue weighted by Crippen LogP contribution is -2.33. The quantitative estimate of drug-likeness (QED) is 0.0885. The van der Waals surface area contributed by atoms with Crippen LogP contribution in [0.4, 0.5) is 22.7 Å². The fourth-order valence-electron chi connectivity index (χ4n) is 7.88. The molecule has 0 fully saturated rings. The molecule has 0 bridgehead atoms. The average molecular weight is 699 g/mol. The van der Waals surface area contributed by atoms with Gasteiger partial charge in [0.25, 0.3) is 0 Å². The predicted molar refractivity (Wildman–Crippen MR) is 234 cm³/mol. The molecule has 7 aromatic carbocycles. The molecule has 1 heterocycles. The summed E-state index contributed by atoms with van der Waals surface area (Å²) >= 11 is 0. The van der Waals surface area contributed by atoms with E-state index in [0.717, 1.165) is 89.9 Å². The van der Waals surface area contributed by atoms with Gasteiger partial charge < -0.3 is 0 Å². The molecule has 4 heteroatoms. The number of aryl methyl sites for hydroxylation is 2. The molecular weight excluding hydrogens is 657 g/mol. The van der Waals surface area contributed by atoms with E-state index in [1.807, 2.05) is 61.5 Å². The summed E-state index contributed by atoms with van der Waals surface area (Å²) in [4.78, 5) is 18.1.